The monoisotopic (exact) mass is 164 g/mol. The van der Waals surface area contributed by atoms with Crippen molar-refractivity contribution in [3.8, 4) is 11.8 Å². The molecule has 68 valence electrons. The summed E-state index contributed by atoms with van der Waals surface area (Å²) < 4.78 is 0. The second-order valence-electron chi connectivity index (χ2n) is 3.11. The van der Waals surface area contributed by atoms with Crippen LogP contribution >= 0.6 is 0 Å². The largest absolute Gasteiger partial charge is 0.0983 e. The van der Waals surface area contributed by atoms with E-state index >= 15 is 0 Å². The molecule has 0 unspecified atom stereocenters. The summed E-state index contributed by atoms with van der Waals surface area (Å²) >= 11 is 0. The van der Waals surface area contributed by atoms with Crippen LogP contribution in [0, 0.1) is 11.8 Å². The topological polar surface area (TPSA) is 0 Å². The van der Waals surface area contributed by atoms with Gasteiger partial charge in [0.15, 0.2) is 0 Å². The Hall–Kier alpha value is -0.700. The number of rotatable bonds is 5. The van der Waals surface area contributed by atoms with E-state index in [2.05, 4.69) is 32.3 Å². The summed E-state index contributed by atoms with van der Waals surface area (Å²) in [5.74, 6) is 6.25. The van der Waals surface area contributed by atoms with Crippen LogP contribution in [0.3, 0.4) is 0 Å². The third kappa shape index (κ3) is 7.41. The van der Waals surface area contributed by atoms with Crippen LogP contribution in [-0.4, -0.2) is 0 Å². The van der Waals surface area contributed by atoms with Crippen LogP contribution in [0.5, 0.6) is 0 Å². The molecule has 12 heavy (non-hydrogen) atoms. The highest BCUT2D eigenvalue weighted by molar-refractivity contribution is 5.25. The minimum Gasteiger partial charge on any atom is -0.0983 e. The van der Waals surface area contributed by atoms with E-state index in [-0.39, 0.29) is 0 Å². The minimum absolute atomic E-state index is 1.03. The Labute approximate surface area is 77.1 Å². The summed E-state index contributed by atoms with van der Waals surface area (Å²) in [5.41, 5.74) is 1.10. The molecule has 0 rings (SSSR count). The van der Waals surface area contributed by atoms with Crippen molar-refractivity contribution in [3.63, 3.8) is 0 Å². The number of unbranched alkanes of at least 4 members (excludes halogenated alkanes) is 3. The van der Waals surface area contributed by atoms with Gasteiger partial charge in [0.2, 0.25) is 0 Å². The van der Waals surface area contributed by atoms with Crippen molar-refractivity contribution < 1.29 is 0 Å². The molecule has 0 aromatic carbocycles. The van der Waals surface area contributed by atoms with Crippen molar-refractivity contribution in [2.24, 2.45) is 0 Å². The summed E-state index contributed by atoms with van der Waals surface area (Å²) in [7, 11) is 0. The summed E-state index contributed by atoms with van der Waals surface area (Å²) in [6, 6.07) is 0. The lowest BCUT2D eigenvalue weighted by atomic mass is 10.1. The molecule has 0 spiro atoms. The van der Waals surface area contributed by atoms with Crippen molar-refractivity contribution in [3.05, 3.63) is 12.2 Å². The van der Waals surface area contributed by atoms with Crippen LogP contribution in [0.2, 0.25) is 0 Å². The summed E-state index contributed by atoms with van der Waals surface area (Å²) in [4.78, 5) is 0. The predicted molar refractivity (Wildman–Crippen MR) is 56.0 cm³/mol. The molecule has 0 aromatic rings. The van der Waals surface area contributed by atoms with Gasteiger partial charge in [-0.2, -0.15) is 0 Å². The Kier molecular flexibility index (Phi) is 7.91. The molecule has 0 heterocycles. The lowest BCUT2D eigenvalue weighted by Gasteiger charge is -1.93. The molecule has 0 N–H and O–H groups in total. The van der Waals surface area contributed by atoms with E-state index in [1.54, 1.807) is 0 Å². The van der Waals surface area contributed by atoms with Gasteiger partial charge in [-0.15, -0.1) is 0 Å². The highest BCUT2D eigenvalue weighted by Crippen LogP contribution is 2.03. The van der Waals surface area contributed by atoms with E-state index in [4.69, 9.17) is 0 Å². The van der Waals surface area contributed by atoms with Gasteiger partial charge in [0.1, 0.15) is 0 Å². The van der Waals surface area contributed by atoms with E-state index in [0.29, 0.717) is 0 Å². The van der Waals surface area contributed by atoms with Crippen molar-refractivity contribution in [2.75, 3.05) is 0 Å². The molecule has 0 aliphatic carbocycles. The maximum Gasteiger partial charge on any atom is 0.00922 e. The van der Waals surface area contributed by atoms with Crippen molar-refractivity contribution in [1.82, 2.24) is 0 Å². The zero-order valence-corrected chi connectivity index (χ0v) is 8.45. The lowest BCUT2D eigenvalue weighted by Crippen LogP contribution is -1.77. The van der Waals surface area contributed by atoms with Gasteiger partial charge in [-0.05, 0) is 24.8 Å². The first kappa shape index (κ1) is 11.3. The molecule has 0 nitrogen and oxygen atoms in total. The Morgan fingerprint density at radius 2 is 1.83 bits per heavy atom. The van der Waals surface area contributed by atoms with Crippen molar-refractivity contribution in [2.45, 2.75) is 52.4 Å². The van der Waals surface area contributed by atoms with Crippen LogP contribution in [0.25, 0.3) is 0 Å². The fraction of sp³-hybridized carbons (Fsp3) is 0.667. The number of hydrogen-bond donors (Lipinski definition) is 0. The fourth-order valence-electron chi connectivity index (χ4n) is 0.905. The van der Waals surface area contributed by atoms with E-state index in [0.717, 1.165) is 18.4 Å². The smallest absolute Gasteiger partial charge is 0.00922 e. The third-order valence-electron chi connectivity index (χ3n) is 1.75. The average molecular weight is 164 g/mol. The maximum absolute atomic E-state index is 3.92. The third-order valence-corrected chi connectivity index (χ3v) is 1.75. The second-order valence-corrected chi connectivity index (χ2v) is 3.11. The van der Waals surface area contributed by atoms with Crippen LogP contribution in [0.4, 0.5) is 0 Å². The molecule has 0 aliphatic rings. The van der Waals surface area contributed by atoms with Gasteiger partial charge < -0.3 is 0 Å². The summed E-state index contributed by atoms with van der Waals surface area (Å²) in [6.07, 6.45) is 7.01. The first-order valence-electron chi connectivity index (χ1n) is 4.97. The van der Waals surface area contributed by atoms with Gasteiger partial charge in [-0.1, -0.05) is 45.1 Å². The highest BCUT2D eigenvalue weighted by atomic mass is 13.9. The fourth-order valence-corrected chi connectivity index (χ4v) is 0.905. The molecular weight excluding hydrogens is 144 g/mol. The molecule has 0 radical (unpaired) electrons. The maximum atomic E-state index is 3.92. The Morgan fingerprint density at radius 1 is 1.17 bits per heavy atom. The van der Waals surface area contributed by atoms with Gasteiger partial charge in [0, 0.05) is 6.42 Å². The molecule has 0 saturated heterocycles. The first-order chi connectivity index (χ1) is 5.81. The molecule has 0 atom stereocenters. The average Bonchev–Trinajstić information content (AvgIpc) is 2.09. The Bertz CT molecular complexity index is 166. The van der Waals surface area contributed by atoms with E-state index in [9.17, 15) is 0 Å². The minimum atomic E-state index is 1.03. The van der Waals surface area contributed by atoms with Crippen LogP contribution in [0.15, 0.2) is 12.2 Å². The number of hydrogen-bond acceptors (Lipinski definition) is 0. The SMILES string of the molecule is C=C(C#CCCCC)CCCC. The quantitative estimate of drug-likeness (QED) is 0.426. The Morgan fingerprint density at radius 3 is 2.42 bits per heavy atom. The highest BCUT2D eigenvalue weighted by Gasteiger charge is 1.86. The molecule has 0 amide bonds. The van der Waals surface area contributed by atoms with Crippen molar-refractivity contribution in [1.29, 1.82) is 0 Å². The summed E-state index contributed by atoms with van der Waals surface area (Å²) in [6.45, 7) is 8.30. The molecule has 0 saturated carbocycles. The molecule has 0 aliphatic heterocycles. The Balaban J connectivity index is 3.43. The summed E-state index contributed by atoms with van der Waals surface area (Å²) in [5, 5.41) is 0. The molecular formula is C12H20. The predicted octanol–water partition coefficient (Wildman–Crippen LogP) is 3.93. The van der Waals surface area contributed by atoms with Crippen LogP contribution in [0.1, 0.15) is 52.4 Å². The first-order valence-corrected chi connectivity index (χ1v) is 4.97. The molecule has 0 bridgehead atoms. The van der Waals surface area contributed by atoms with Gasteiger partial charge in [0.05, 0.1) is 0 Å². The molecule has 0 fully saturated rings. The van der Waals surface area contributed by atoms with E-state index in [1.807, 2.05) is 0 Å². The molecule has 0 aromatic heterocycles. The van der Waals surface area contributed by atoms with Gasteiger partial charge in [-0.3, -0.25) is 0 Å². The van der Waals surface area contributed by atoms with E-state index in [1.165, 1.54) is 25.7 Å². The van der Waals surface area contributed by atoms with Gasteiger partial charge >= 0.3 is 0 Å². The van der Waals surface area contributed by atoms with Crippen molar-refractivity contribution >= 4 is 0 Å². The van der Waals surface area contributed by atoms with Crippen LogP contribution in [-0.2, 0) is 0 Å². The normalized spacial score (nSPS) is 8.83. The lowest BCUT2D eigenvalue weighted by molar-refractivity contribution is 0.801. The molecule has 0 heteroatoms. The van der Waals surface area contributed by atoms with Gasteiger partial charge in [0.25, 0.3) is 0 Å². The van der Waals surface area contributed by atoms with Crippen LogP contribution < -0.4 is 0 Å². The standard InChI is InChI=1S/C12H20/c1-4-6-8-9-11-12(3)10-7-5-2/h3-8,10H2,1-2H3. The second kappa shape index (κ2) is 8.40. The zero-order chi connectivity index (χ0) is 9.23. The number of allylic oxidation sites excluding steroid dienone is 1. The van der Waals surface area contributed by atoms with E-state index < -0.39 is 0 Å². The van der Waals surface area contributed by atoms with Gasteiger partial charge in [-0.25, -0.2) is 0 Å². The zero-order valence-electron chi connectivity index (χ0n) is 8.45.